The number of anilines is 2. The number of nitrogens with one attached hydrogen (secondary N) is 2. The minimum absolute atomic E-state index is 0.0841. The number of hydrogen-bond donors (Lipinski definition) is 4. The topological polar surface area (TPSA) is 148 Å². The van der Waals surface area contributed by atoms with Gasteiger partial charge in [-0.25, -0.2) is 14.5 Å². The maximum atomic E-state index is 12.1. The molecule has 0 aromatic carbocycles. The van der Waals surface area contributed by atoms with E-state index in [1.54, 1.807) is 24.4 Å². The molecule has 26 heavy (non-hydrogen) atoms. The van der Waals surface area contributed by atoms with Crippen molar-refractivity contribution >= 4 is 29.1 Å². The second-order valence-corrected chi connectivity index (χ2v) is 5.46. The Hall–Kier alpha value is -3.53. The summed E-state index contributed by atoms with van der Waals surface area (Å²) in [7, 11) is 0. The third-order valence-electron chi connectivity index (χ3n) is 3.48. The van der Waals surface area contributed by atoms with Crippen LogP contribution in [0.25, 0.3) is 16.9 Å². The molecule has 0 bridgehead atoms. The first kappa shape index (κ1) is 17.3. The van der Waals surface area contributed by atoms with E-state index < -0.39 is 5.91 Å². The third-order valence-corrected chi connectivity index (χ3v) is 3.48. The van der Waals surface area contributed by atoms with E-state index in [1.165, 1.54) is 17.6 Å². The predicted octanol–water partition coefficient (Wildman–Crippen LogP) is 0.0540. The highest BCUT2D eigenvalue weighted by Crippen LogP contribution is 2.21. The highest BCUT2D eigenvalue weighted by atomic mass is 16.3. The van der Waals surface area contributed by atoms with Crippen LogP contribution >= 0.6 is 0 Å². The molecule has 5 N–H and O–H groups in total. The van der Waals surface area contributed by atoms with E-state index >= 15 is 0 Å². The fourth-order valence-electron chi connectivity index (χ4n) is 2.34. The minimum atomic E-state index is -0.428. The number of carbonyl (C=O) groups excluding carboxylic acids is 2. The Morgan fingerprint density at radius 3 is 2.88 bits per heavy atom. The van der Waals surface area contributed by atoms with E-state index in [0.29, 0.717) is 22.7 Å². The fraction of sp³-hybridized carbons (Fsp3) is 0.188. The van der Waals surface area contributed by atoms with Gasteiger partial charge in [-0.1, -0.05) is 0 Å². The van der Waals surface area contributed by atoms with Gasteiger partial charge in [0, 0.05) is 25.2 Å². The van der Waals surface area contributed by atoms with Gasteiger partial charge in [0.2, 0.25) is 5.91 Å². The first-order valence-electron chi connectivity index (χ1n) is 7.77. The quantitative estimate of drug-likeness (QED) is 0.505. The summed E-state index contributed by atoms with van der Waals surface area (Å²) < 4.78 is 1.52. The van der Waals surface area contributed by atoms with Crippen molar-refractivity contribution in [2.24, 2.45) is 0 Å². The zero-order valence-corrected chi connectivity index (χ0v) is 13.9. The fourth-order valence-corrected chi connectivity index (χ4v) is 2.34. The van der Waals surface area contributed by atoms with Gasteiger partial charge in [0.1, 0.15) is 5.82 Å². The van der Waals surface area contributed by atoms with Crippen LogP contribution in [0, 0.1) is 0 Å². The van der Waals surface area contributed by atoms with Crippen LogP contribution in [0.1, 0.15) is 17.3 Å². The molecule has 3 aromatic rings. The lowest BCUT2D eigenvalue weighted by atomic mass is 10.1. The number of nitrogen functional groups attached to an aromatic ring is 1. The summed E-state index contributed by atoms with van der Waals surface area (Å²) in [5, 5.41) is 18.4. The number of carbonyl (C=O) groups is 2. The SMILES string of the molecule is CC(=O)Nc1cn2nc(-c3cnc(N)c(C(=O)NCCO)c3)ccc2n1. The Morgan fingerprint density at radius 2 is 2.15 bits per heavy atom. The second-order valence-electron chi connectivity index (χ2n) is 5.46. The first-order valence-corrected chi connectivity index (χ1v) is 7.77. The molecule has 10 heteroatoms. The largest absolute Gasteiger partial charge is 0.395 e. The number of imidazole rings is 1. The van der Waals surface area contributed by atoms with Crippen LogP contribution in [-0.4, -0.2) is 49.7 Å². The predicted molar refractivity (Wildman–Crippen MR) is 94.4 cm³/mol. The minimum Gasteiger partial charge on any atom is -0.395 e. The Morgan fingerprint density at radius 1 is 1.35 bits per heavy atom. The van der Waals surface area contributed by atoms with Gasteiger partial charge in [-0.05, 0) is 18.2 Å². The van der Waals surface area contributed by atoms with Crippen LogP contribution in [-0.2, 0) is 4.79 Å². The number of aromatic nitrogens is 4. The molecule has 0 saturated heterocycles. The third kappa shape index (κ3) is 3.59. The number of pyridine rings is 1. The van der Waals surface area contributed by atoms with Gasteiger partial charge in [-0.2, -0.15) is 5.10 Å². The number of hydrogen-bond acceptors (Lipinski definition) is 7. The van der Waals surface area contributed by atoms with Gasteiger partial charge >= 0.3 is 0 Å². The van der Waals surface area contributed by atoms with E-state index in [4.69, 9.17) is 10.8 Å². The molecule has 0 aliphatic carbocycles. The van der Waals surface area contributed by atoms with E-state index in [-0.39, 0.29) is 30.4 Å². The molecule has 0 aliphatic rings. The Bertz CT molecular complexity index is 983. The smallest absolute Gasteiger partial charge is 0.255 e. The molecule has 0 aliphatic heterocycles. The zero-order chi connectivity index (χ0) is 18.7. The van der Waals surface area contributed by atoms with Gasteiger partial charge in [-0.3, -0.25) is 9.59 Å². The maximum Gasteiger partial charge on any atom is 0.255 e. The van der Waals surface area contributed by atoms with Gasteiger partial charge in [0.25, 0.3) is 5.91 Å². The average Bonchev–Trinajstić information content (AvgIpc) is 3.00. The lowest BCUT2D eigenvalue weighted by molar-refractivity contribution is -0.114. The molecular formula is C16H17N7O3. The van der Waals surface area contributed by atoms with E-state index in [9.17, 15) is 9.59 Å². The van der Waals surface area contributed by atoms with Crippen LogP contribution < -0.4 is 16.4 Å². The van der Waals surface area contributed by atoms with Crippen LogP contribution in [0.15, 0.2) is 30.6 Å². The molecular weight excluding hydrogens is 338 g/mol. The lowest BCUT2D eigenvalue weighted by Crippen LogP contribution is -2.27. The lowest BCUT2D eigenvalue weighted by Gasteiger charge is -2.08. The molecule has 3 rings (SSSR count). The molecule has 0 spiro atoms. The molecule has 2 amide bonds. The maximum absolute atomic E-state index is 12.1. The van der Waals surface area contributed by atoms with Crippen molar-refractivity contribution in [1.82, 2.24) is 24.9 Å². The number of aliphatic hydroxyl groups excluding tert-OH is 1. The summed E-state index contributed by atoms with van der Waals surface area (Å²) in [5.74, 6) is -0.181. The molecule has 0 radical (unpaired) electrons. The first-order chi connectivity index (χ1) is 12.5. The highest BCUT2D eigenvalue weighted by Gasteiger charge is 2.13. The molecule has 0 atom stereocenters. The van der Waals surface area contributed by atoms with Crippen LogP contribution in [0.2, 0.25) is 0 Å². The standard InChI is InChI=1S/C16H17N7O3/c1-9(25)20-13-8-23-14(21-13)3-2-12(22-23)10-6-11(15(17)19-7-10)16(26)18-4-5-24/h2-3,6-8,24H,4-5H2,1H3,(H2,17,19)(H,18,26)(H,20,25). The molecule has 10 nitrogen and oxygen atoms in total. The van der Waals surface area contributed by atoms with E-state index in [2.05, 4.69) is 25.7 Å². The number of amides is 2. The summed E-state index contributed by atoms with van der Waals surface area (Å²) in [6.07, 6.45) is 3.10. The molecule has 0 fully saturated rings. The summed E-state index contributed by atoms with van der Waals surface area (Å²) in [5.41, 5.74) is 7.66. The summed E-state index contributed by atoms with van der Waals surface area (Å²) in [4.78, 5) is 31.5. The van der Waals surface area contributed by atoms with Crippen LogP contribution in [0.4, 0.5) is 11.6 Å². The van der Waals surface area contributed by atoms with Crippen LogP contribution in [0.3, 0.4) is 0 Å². The molecule has 3 aromatic heterocycles. The molecule has 3 heterocycles. The van der Waals surface area contributed by atoms with Crippen molar-refractivity contribution in [2.75, 3.05) is 24.2 Å². The Balaban J connectivity index is 1.95. The van der Waals surface area contributed by atoms with Crippen molar-refractivity contribution in [2.45, 2.75) is 6.92 Å². The van der Waals surface area contributed by atoms with Crippen molar-refractivity contribution in [1.29, 1.82) is 0 Å². The van der Waals surface area contributed by atoms with Gasteiger partial charge in [0.15, 0.2) is 11.5 Å². The number of nitrogens with two attached hydrogens (primary N) is 1. The summed E-state index contributed by atoms with van der Waals surface area (Å²) >= 11 is 0. The van der Waals surface area contributed by atoms with Crippen molar-refractivity contribution in [3.63, 3.8) is 0 Å². The van der Waals surface area contributed by atoms with Crippen molar-refractivity contribution < 1.29 is 14.7 Å². The van der Waals surface area contributed by atoms with E-state index in [0.717, 1.165) is 0 Å². The Labute approximate surface area is 148 Å². The number of nitrogens with zero attached hydrogens (tertiary/aromatic N) is 4. The molecule has 134 valence electrons. The highest BCUT2D eigenvalue weighted by molar-refractivity contribution is 5.99. The monoisotopic (exact) mass is 355 g/mol. The second kappa shape index (κ2) is 7.15. The number of fused-ring (bicyclic) bond motifs is 1. The Kier molecular flexibility index (Phi) is 4.76. The summed E-state index contributed by atoms with van der Waals surface area (Å²) in [6.45, 7) is 1.34. The molecule has 0 saturated carbocycles. The average molecular weight is 355 g/mol. The summed E-state index contributed by atoms with van der Waals surface area (Å²) in [6, 6.07) is 5.03. The van der Waals surface area contributed by atoms with Crippen LogP contribution in [0.5, 0.6) is 0 Å². The zero-order valence-electron chi connectivity index (χ0n) is 13.9. The van der Waals surface area contributed by atoms with Gasteiger partial charge < -0.3 is 21.5 Å². The van der Waals surface area contributed by atoms with E-state index in [1.807, 2.05) is 0 Å². The van der Waals surface area contributed by atoms with Crippen molar-refractivity contribution in [3.8, 4) is 11.3 Å². The normalized spacial score (nSPS) is 10.7. The van der Waals surface area contributed by atoms with Crippen molar-refractivity contribution in [3.05, 3.63) is 36.2 Å². The number of aliphatic hydroxyl groups is 1. The molecule has 0 unspecified atom stereocenters. The number of rotatable bonds is 5. The van der Waals surface area contributed by atoms with Gasteiger partial charge in [-0.15, -0.1) is 0 Å². The van der Waals surface area contributed by atoms with Gasteiger partial charge in [0.05, 0.1) is 24.1 Å².